The van der Waals surface area contributed by atoms with Crippen LogP contribution in [-0.4, -0.2) is 31.5 Å². The van der Waals surface area contributed by atoms with Gasteiger partial charge in [0.25, 0.3) is 0 Å². The van der Waals surface area contributed by atoms with Crippen LogP contribution in [0.2, 0.25) is 12.1 Å². The van der Waals surface area contributed by atoms with Gasteiger partial charge in [0, 0.05) is 18.7 Å². The van der Waals surface area contributed by atoms with Gasteiger partial charge in [-0.3, -0.25) is 0 Å². The van der Waals surface area contributed by atoms with Crippen molar-refractivity contribution in [1.29, 1.82) is 0 Å². The Labute approximate surface area is 79.2 Å². The molecule has 0 aliphatic carbocycles. The third kappa shape index (κ3) is 5.68. The number of hydrogen-bond acceptors (Lipinski definition) is 4. The third-order valence-electron chi connectivity index (χ3n) is 1.46. The van der Waals surface area contributed by atoms with Gasteiger partial charge in [-0.05, 0) is 20.8 Å². The molecule has 0 aliphatic heterocycles. The zero-order chi connectivity index (χ0) is 10.5. The summed E-state index contributed by atoms with van der Waals surface area (Å²) in [6, 6.07) is 0.000833. The first-order valence-corrected chi connectivity index (χ1v) is 6.52. The van der Waals surface area contributed by atoms with Crippen molar-refractivity contribution in [3.05, 3.63) is 0 Å². The Morgan fingerprint density at radius 1 is 1.23 bits per heavy atom. The van der Waals surface area contributed by atoms with E-state index in [-0.39, 0.29) is 23.7 Å². The molecule has 4 nitrogen and oxygen atoms in total. The molecule has 0 aromatic rings. The molecule has 0 atom stereocenters. The Morgan fingerprint density at radius 2 is 1.62 bits per heavy atom. The zero-order valence-corrected chi connectivity index (χ0v) is 9.29. The molecule has 0 saturated carbocycles. The van der Waals surface area contributed by atoms with Crippen molar-refractivity contribution in [1.82, 2.24) is 0 Å². The second-order valence-electron chi connectivity index (χ2n) is 3.14. The number of rotatable bonds is 6. The highest BCUT2D eigenvalue weighted by molar-refractivity contribution is 6.72. The monoisotopic (exact) mass is 204 g/mol. The van der Waals surface area contributed by atoms with E-state index in [1.807, 2.05) is 0 Å². The van der Waals surface area contributed by atoms with E-state index >= 15 is 0 Å². The molecule has 0 fully saturated rings. The highest BCUT2D eigenvalue weighted by Gasteiger charge is 2.36. The summed E-state index contributed by atoms with van der Waals surface area (Å²) in [5.41, 5.74) is 0. The van der Waals surface area contributed by atoms with Gasteiger partial charge < -0.3 is 18.8 Å². The molecule has 0 rings (SSSR count). The molecule has 0 spiro atoms. The van der Waals surface area contributed by atoms with Gasteiger partial charge >= 0.3 is 8.56 Å². The van der Waals surface area contributed by atoms with Crippen LogP contribution in [0.5, 0.6) is 0 Å². The Bertz CT molecular complexity index is 186. The molecule has 0 unspecified atom stereocenters. The standard InChI is InChI=1S/C8H16O4Si/c1-4-12-13(11,5-7(2)9)6-8(3)10/h11H,4-6H2,1-3H3. The summed E-state index contributed by atoms with van der Waals surface area (Å²) in [6.45, 7) is 4.84. The molecule has 0 bridgehead atoms. The smallest absolute Gasteiger partial charge is 0.350 e. The molecule has 0 aromatic carbocycles. The van der Waals surface area contributed by atoms with Gasteiger partial charge in [0.2, 0.25) is 0 Å². The van der Waals surface area contributed by atoms with Gasteiger partial charge in [-0.1, -0.05) is 0 Å². The molecule has 0 heterocycles. The first-order chi connectivity index (χ1) is 5.89. The lowest BCUT2D eigenvalue weighted by molar-refractivity contribution is -0.115. The number of Topliss-reactive ketones (excluding diaryl/α,β-unsaturated/α-hetero) is 2. The second kappa shape index (κ2) is 5.26. The molecule has 5 heteroatoms. The lowest BCUT2D eigenvalue weighted by atomic mass is 10.5. The van der Waals surface area contributed by atoms with Crippen LogP contribution in [0, 0.1) is 0 Å². The van der Waals surface area contributed by atoms with E-state index in [0.29, 0.717) is 6.61 Å². The van der Waals surface area contributed by atoms with Crippen LogP contribution in [0.15, 0.2) is 0 Å². The Hall–Kier alpha value is -0.523. The van der Waals surface area contributed by atoms with Crippen molar-refractivity contribution < 1.29 is 18.8 Å². The van der Waals surface area contributed by atoms with Crippen molar-refractivity contribution in [2.45, 2.75) is 32.9 Å². The van der Waals surface area contributed by atoms with Crippen molar-refractivity contribution in [3.8, 4) is 0 Å². The van der Waals surface area contributed by atoms with Gasteiger partial charge in [0.05, 0.1) is 0 Å². The van der Waals surface area contributed by atoms with Crippen molar-refractivity contribution in [2.24, 2.45) is 0 Å². The molecule has 0 saturated heterocycles. The topological polar surface area (TPSA) is 63.6 Å². The van der Waals surface area contributed by atoms with E-state index in [9.17, 15) is 14.4 Å². The second-order valence-corrected chi connectivity index (χ2v) is 6.02. The molecule has 13 heavy (non-hydrogen) atoms. The first-order valence-electron chi connectivity index (χ1n) is 4.25. The maximum atomic E-state index is 10.8. The fraction of sp³-hybridized carbons (Fsp3) is 0.750. The molecule has 76 valence electrons. The Morgan fingerprint density at radius 3 is 1.85 bits per heavy atom. The summed E-state index contributed by atoms with van der Waals surface area (Å²) >= 11 is 0. The van der Waals surface area contributed by atoms with Crippen LogP contribution in [0.25, 0.3) is 0 Å². The molecular weight excluding hydrogens is 188 g/mol. The average Bonchev–Trinajstić information content (AvgIpc) is 1.81. The van der Waals surface area contributed by atoms with Gasteiger partial charge in [-0.15, -0.1) is 0 Å². The quantitative estimate of drug-likeness (QED) is 0.645. The SMILES string of the molecule is CCO[Si](O)(CC(C)=O)CC(C)=O. The van der Waals surface area contributed by atoms with E-state index < -0.39 is 8.56 Å². The lowest BCUT2D eigenvalue weighted by Crippen LogP contribution is -2.42. The molecule has 0 aromatic heterocycles. The van der Waals surface area contributed by atoms with E-state index in [2.05, 4.69) is 0 Å². The summed E-state index contributed by atoms with van der Waals surface area (Å²) < 4.78 is 5.10. The average molecular weight is 204 g/mol. The van der Waals surface area contributed by atoms with Crippen molar-refractivity contribution >= 4 is 20.1 Å². The minimum atomic E-state index is -3.07. The summed E-state index contributed by atoms with van der Waals surface area (Å²) in [5.74, 6) is -0.271. The first kappa shape index (κ1) is 12.5. The Kier molecular flexibility index (Phi) is 5.05. The zero-order valence-electron chi connectivity index (χ0n) is 8.29. The summed E-state index contributed by atoms with van der Waals surface area (Å²) in [5, 5.41) is 0. The minimum absolute atomic E-state index is 0.000417. The molecule has 0 aliphatic rings. The lowest BCUT2D eigenvalue weighted by Gasteiger charge is -2.21. The number of carbonyl (C=O) groups excluding carboxylic acids is 2. The number of carbonyl (C=O) groups is 2. The van der Waals surface area contributed by atoms with E-state index in [1.54, 1.807) is 6.92 Å². The van der Waals surface area contributed by atoms with E-state index in [1.165, 1.54) is 13.8 Å². The van der Waals surface area contributed by atoms with Gasteiger partial charge in [0.1, 0.15) is 11.6 Å². The molecular formula is C8H16O4Si. The third-order valence-corrected chi connectivity index (χ3v) is 4.39. The van der Waals surface area contributed by atoms with Crippen LogP contribution in [0.1, 0.15) is 20.8 Å². The molecule has 0 amide bonds. The number of hydrogen-bond donors (Lipinski definition) is 1. The van der Waals surface area contributed by atoms with Crippen LogP contribution in [-0.2, 0) is 14.0 Å². The normalized spacial score (nSPS) is 11.4. The van der Waals surface area contributed by atoms with Crippen LogP contribution < -0.4 is 0 Å². The predicted octanol–water partition coefficient (Wildman–Crippen LogP) is 0.635. The molecule has 0 radical (unpaired) electrons. The molecule has 1 N–H and O–H groups in total. The van der Waals surface area contributed by atoms with Crippen LogP contribution in [0.3, 0.4) is 0 Å². The Balaban J connectivity index is 4.32. The highest BCUT2D eigenvalue weighted by atomic mass is 28.4. The minimum Gasteiger partial charge on any atom is -0.410 e. The van der Waals surface area contributed by atoms with Gasteiger partial charge in [0.15, 0.2) is 0 Å². The summed E-state index contributed by atoms with van der Waals surface area (Å²) in [4.78, 5) is 31.4. The maximum absolute atomic E-state index is 10.8. The van der Waals surface area contributed by atoms with Crippen molar-refractivity contribution in [3.63, 3.8) is 0 Å². The summed E-state index contributed by atoms with van der Waals surface area (Å²) in [6.07, 6.45) is 0. The van der Waals surface area contributed by atoms with E-state index in [0.717, 1.165) is 0 Å². The van der Waals surface area contributed by atoms with Crippen LogP contribution in [0.4, 0.5) is 0 Å². The number of ketones is 2. The van der Waals surface area contributed by atoms with Gasteiger partial charge in [-0.2, -0.15) is 0 Å². The maximum Gasteiger partial charge on any atom is 0.350 e. The van der Waals surface area contributed by atoms with Crippen molar-refractivity contribution in [2.75, 3.05) is 6.61 Å². The van der Waals surface area contributed by atoms with E-state index in [4.69, 9.17) is 4.43 Å². The highest BCUT2D eigenvalue weighted by Crippen LogP contribution is 2.14. The predicted molar refractivity (Wildman–Crippen MR) is 50.6 cm³/mol. The largest absolute Gasteiger partial charge is 0.410 e. The fourth-order valence-corrected chi connectivity index (χ4v) is 3.63. The van der Waals surface area contributed by atoms with Crippen LogP contribution >= 0.6 is 0 Å². The van der Waals surface area contributed by atoms with Gasteiger partial charge in [-0.25, -0.2) is 0 Å². The fourth-order valence-electron chi connectivity index (χ4n) is 1.21. The summed E-state index contributed by atoms with van der Waals surface area (Å²) in [7, 11) is -3.07.